The second-order valence-corrected chi connectivity index (χ2v) is 5.85. The van der Waals surface area contributed by atoms with E-state index >= 15 is 0 Å². The first kappa shape index (κ1) is 18.3. The van der Waals surface area contributed by atoms with E-state index in [9.17, 15) is 20.4 Å². The fourth-order valence-corrected chi connectivity index (χ4v) is 2.71. The molecule has 7 heteroatoms. The summed E-state index contributed by atoms with van der Waals surface area (Å²) in [5.74, 6) is 0. The van der Waals surface area contributed by atoms with Crippen molar-refractivity contribution < 1.29 is 25.2 Å². The summed E-state index contributed by atoms with van der Waals surface area (Å²) in [6, 6.07) is 7.81. The van der Waals surface area contributed by atoms with Crippen LogP contribution in [0.4, 0.5) is 0 Å². The van der Waals surface area contributed by atoms with Crippen LogP contribution in [0, 0.1) is 0 Å². The van der Waals surface area contributed by atoms with E-state index in [1.807, 2.05) is 24.3 Å². The Hall–Kier alpha value is -1.06. The number of aliphatic hydroxyl groups excluding tert-OH is 4. The number of rotatable bonds is 7. The lowest BCUT2D eigenvalue weighted by atomic mass is 9.91. The van der Waals surface area contributed by atoms with Crippen molar-refractivity contribution in [1.29, 1.82) is 0 Å². The van der Waals surface area contributed by atoms with Gasteiger partial charge in [0.25, 0.3) is 0 Å². The van der Waals surface area contributed by atoms with E-state index in [0.29, 0.717) is 13.0 Å². The van der Waals surface area contributed by atoms with Gasteiger partial charge in [0.2, 0.25) is 0 Å². The van der Waals surface area contributed by atoms with Gasteiger partial charge >= 0.3 is 0 Å². The predicted octanol–water partition coefficient (Wildman–Crippen LogP) is -1.88. The van der Waals surface area contributed by atoms with E-state index < -0.39 is 37.1 Å². The summed E-state index contributed by atoms with van der Waals surface area (Å²) >= 11 is 0. The molecule has 23 heavy (non-hydrogen) atoms. The summed E-state index contributed by atoms with van der Waals surface area (Å²) in [5, 5.41) is 42.0. The molecule has 0 radical (unpaired) electrons. The Kier molecular flexibility index (Phi) is 6.91. The molecule has 1 saturated heterocycles. The zero-order valence-electron chi connectivity index (χ0n) is 13.0. The molecular weight excluding hydrogens is 300 g/mol. The average molecular weight is 326 g/mol. The van der Waals surface area contributed by atoms with E-state index in [-0.39, 0.29) is 0 Å². The Bertz CT molecular complexity index is 468. The highest BCUT2D eigenvalue weighted by Gasteiger charge is 2.43. The monoisotopic (exact) mass is 326 g/mol. The first-order valence-corrected chi connectivity index (χ1v) is 7.86. The molecule has 0 saturated carbocycles. The molecular formula is C16H26N2O5. The lowest BCUT2D eigenvalue weighted by molar-refractivity contribution is -0.228. The lowest BCUT2D eigenvalue weighted by Crippen LogP contribution is -2.58. The van der Waals surface area contributed by atoms with Crippen LogP contribution in [0.15, 0.2) is 24.3 Å². The van der Waals surface area contributed by atoms with E-state index in [1.165, 1.54) is 0 Å². The summed E-state index contributed by atoms with van der Waals surface area (Å²) in [6.45, 7) is 1.67. The molecule has 7 N–H and O–H groups in total. The highest BCUT2D eigenvalue weighted by Crippen LogP contribution is 2.23. The van der Waals surface area contributed by atoms with Gasteiger partial charge in [-0.2, -0.15) is 0 Å². The number of hydrogen-bond donors (Lipinski definition) is 6. The number of ether oxygens (including phenoxy) is 1. The number of nitrogens with two attached hydrogens (primary N) is 1. The summed E-state index contributed by atoms with van der Waals surface area (Å²) < 4.78 is 5.51. The fourth-order valence-electron chi connectivity index (χ4n) is 2.71. The Morgan fingerprint density at radius 1 is 0.957 bits per heavy atom. The minimum atomic E-state index is -1.33. The van der Waals surface area contributed by atoms with Crippen LogP contribution in [-0.2, 0) is 17.7 Å². The van der Waals surface area contributed by atoms with Crippen molar-refractivity contribution in [2.45, 2.75) is 43.5 Å². The van der Waals surface area contributed by atoms with E-state index in [4.69, 9.17) is 10.5 Å². The largest absolute Gasteiger partial charge is 0.394 e. The predicted molar refractivity (Wildman–Crippen MR) is 84.7 cm³/mol. The number of benzene rings is 1. The van der Waals surface area contributed by atoms with Crippen molar-refractivity contribution in [3.63, 3.8) is 0 Å². The third kappa shape index (κ3) is 4.71. The average Bonchev–Trinajstić information content (AvgIpc) is 2.57. The summed E-state index contributed by atoms with van der Waals surface area (Å²) in [6.07, 6.45) is -4.99. The molecule has 1 heterocycles. The molecule has 0 amide bonds. The van der Waals surface area contributed by atoms with Crippen LogP contribution in [0.1, 0.15) is 11.1 Å². The van der Waals surface area contributed by atoms with E-state index in [1.54, 1.807) is 0 Å². The molecule has 1 aromatic carbocycles. The van der Waals surface area contributed by atoms with Crippen LogP contribution in [0.25, 0.3) is 0 Å². The smallest absolute Gasteiger partial charge is 0.111 e. The van der Waals surface area contributed by atoms with Crippen molar-refractivity contribution in [1.82, 2.24) is 5.32 Å². The highest BCUT2D eigenvalue weighted by atomic mass is 16.5. The molecule has 130 valence electrons. The molecule has 0 aromatic heterocycles. The Morgan fingerprint density at radius 3 is 2.17 bits per heavy atom. The van der Waals surface area contributed by atoms with Crippen molar-refractivity contribution in [2.24, 2.45) is 5.73 Å². The Morgan fingerprint density at radius 2 is 1.57 bits per heavy atom. The number of nitrogens with one attached hydrogen (secondary N) is 1. The van der Waals surface area contributed by atoms with E-state index in [2.05, 4.69) is 5.32 Å². The van der Waals surface area contributed by atoms with Crippen LogP contribution in [0.5, 0.6) is 0 Å². The summed E-state index contributed by atoms with van der Waals surface area (Å²) in [5.41, 5.74) is 7.48. The second kappa shape index (κ2) is 8.70. The minimum absolute atomic E-state index is 0.387. The molecule has 7 nitrogen and oxygen atoms in total. The van der Waals surface area contributed by atoms with Crippen LogP contribution in [0.3, 0.4) is 0 Å². The molecule has 5 atom stereocenters. The Balaban J connectivity index is 1.95. The maximum Gasteiger partial charge on any atom is 0.111 e. The van der Waals surface area contributed by atoms with Gasteiger partial charge in [0, 0.05) is 26.1 Å². The first-order valence-electron chi connectivity index (χ1n) is 7.86. The van der Waals surface area contributed by atoms with Gasteiger partial charge in [0.05, 0.1) is 12.7 Å². The quantitative estimate of drug-likeness (QED) is 0.324. The molecule has 0 bridgehead atoms. The molecule has 1 fully saturated rings. The third-order valence-electron chi connectivity index (χ3n) is 4.10. The van der Waals surface area contributed by atoms with Crippen LogP contribution in [-0.4, -0.2) is 70.6 Å². The molecule has 1 aliphatic heterocycles. The topological polar surface area (TPSA) is 128 Å². The Labute approximate surface area is 135 Å². The third-order valence-corrected chi connectivity index (χ3v) is 4.10. The minimum Gasteiger partial charge on any atom is -0.394 e. The van der Waals surface area contributed by atoms with Gasteiger partial charge in [-0.3, -0.25) is 0 Å². The van der Waals surface area contributed by atoms with Gasteiger partial charge in [0.15, 0.2) is 0 Å². The zero-order valence-corrected chi connectivity index (χ0v) is 13.0. The molecule has 5 unspecified atom stereocenters. The van der Waals surface area contributed by atoms with Crippen molar-refractivity contribution in [3.8, 4) is 0 Å². The summed E-state index contributed by atoms with van der Waals surface area (Å²) in [4.78, 5) is 0. The summed E-state index contributed by atoms with van der Waals surface area (Å²) in [7, 11) is 0. The standard InChI is InChI=1S/C16H26N2O5/c17-5-6-18-8-11-3-1-10(2-4-11)7-12-14(20)16(22)15(21)13(9-19)23-12/h1-4,12-16,18-22H,5-9,17H2. The fraction of sp³-hybridized carbons (Fsp3) is 0.625. The molecule has 1 aromatic rings. The van der Waals surface area contributed by atoms with Crippen LogP contribution in [0.2, 0.25) is 0 Å². The van der Waals surface area contributed by atoms with Gasteiger partial charge in [-0.15, -0.1) is 0 Å². The van der Waals surface area contributed by atoms with Crippen LogP contribution >= 0.6 is 0 Å². The number of hydrogen-bond acceptors (Lipinski definition) is 7. The van der Waals surface area contributed by atoms with Crippen molar-refractivity contribution in [2.75, 3.05) is 19.7 Å². The van der Waals surface area contributed by atoms with Gasteiger partial charge in [-0.05, 0) is 11.1 Å². The van der Waals surface area contributed by atoms with Crippen molar-refractivity contribution >= 4 is 0 Å². The molecule has 1 aliphatic rings. The SMILES string of the molecule is NCCNCc1ccc(CC2OC(CO)C(O)C(O)C2O)cc1. The number of aliphatic hydroxyl groups is 4. The van der Waals surface area contributed by atoms with Crippen molar-refractivity contribution in [3.05, 3.63) is 35.4 Å². The van der Waals surface area contributed by atoms with E-state index in [0.717, 1.165) is 24.2 Å². The molecule has 2 rings (SSSR count). The normalized spacial score (nSPS) is 31.3. The van der Waals surface area contributed by atoms with Crippen LogP contribution < -0.4 is 11.1 Å². The molecule has 0 spiro atoms. The first-order chi connectivity index (χ1) is 11.1. The maximum atomic E-state index is 10.0. The highest BCUT2D eigenvalue weighted by molar-refractivity contribution is 5.23. The molecule has 0 aliphatic carbocycles. The maximum absolute atomic E-state index is 10.0. The van der Waals surface area contributed by atoms with Gasteiger partial charge in [-0.1, -0.05) is 24.3 Å². The second-order valence-electron chi connectivity index (χ2n) is 5.85. The van der Waals surface area contributed by atoms with Gasteiger partial charge in [0.1, 0.15) is 24.4 Å². The zero-order chi connectivity index (χ0) is 16.8. The lowest BCUT2D eigenvalue weighted by Gasteiger charge is -2.40. The van der Waals surface area contributed by atoms with Gasteiger partial charge in [-0.25, -0.2) is 0 Å². The van der Waals surface area contributed by atoms with Gasteiger partial charge < -0.3 is 36.2 Å².